The molecule has 1 saturated carbocycles. The summed E-state index contributed by atoms with van der Waals surface area (Å²) in [5.41, 5.74) is 1.64. The van der Waals surface area contributed by atoms with Gasteiger partial charge in [-0.2, -0.15) is 0 Å². The van der Waals surface area contributed by atoms with E-state index in [1.54, 1.807) is 6.20 Å². The molecule has 2 aliphatic rings. The summed E-state index contributed by atoms with van der Waals surface area (Å²) in [7, 11) is 0. The van der Waals surface area contributed by atoms with Crippen LogP contribution in [0.15, 0.2) is 24.4 Å². The number of hydrogen-bond donors (Lipinski definition) is 0. The fraction of sp³-hybridized carbons (Fsp3) is 0.438. The zero-order valence-electron chi connectivity index (χ0n) is 11.2. The summed E-state index contributed by atoms with van der Waals surface area (Å²) < 4.78 is 27.3. The van der Waals surface area contributed by atoms with E-state index >= 15 is 0 Å². The quantitative estimate of drug-likeness (QED) is 0.784. The third kappa shape index (κ3) is 1.70. The summed E-state index contributed by atoms with van der Waals surface area (Å²) in [5.74, 6) is -1.12. The molecule has 1 spiro atoms. The van der Waals surface area contributed by atoms with E-state index in [1.165, 1.54) is 31.7 Å². The Hall–Kier alpha value is -1.71. The number of pyridine rings is 1. The van der Waals surface area contributed by atoms with Gasteiger partial charge in [-0.1, -0.05) is 6.42 Å². The summed E-state index contributed by atoms with van der Waals surface area (Å²) in [5, 5.41) is 0.585. The minimum Gasteiger partial charge on any atom is -0.370 e. The molecule has 1 aliphatic heterocycles. The molecular formula is C16H16F2N2. The molecule has 4 rings (SSSR count). The van der Waals surface area contributed by atoms with Crippen LogP contribution in [0.4, 0.5) is 14.5 Å². The molecule has 2 aromatic rings. The van der Waals surface area contributed by atoms with Crippen LogP contribution in [0.3, 0.4) is 0 Å². The normalized spacial score (nSPS) is 20.6. The maximum Gasteiger partial charge on any atom is 0.152 e. The minimum atomic E-state index is -0.584. The lowest BCUT2D eigenvalue weighted by atomic mass is 9.68. The van der Waals surface area contributed by atoms with Gasteiger partial charge in [0, 0.05) is 36.4 Å². The largest absolute Gasteiger partial charge is 0.370 e. The standard InChI is InChI=1S/C16H16F2N2/c17-11-8-12-14(2-6-19-15(12)13(18)9-11)20-7-5-16(10-20)3-1-4-16/h2,6,8-9H,1,3-5,7,10H2. The highest BCUT2D eigenvalue weighted by atomic mass is 19.1. The second-order valence-corrected chi connectivity index (χ2v) is 6.14. The van der Waals surface area contributed by atoms with Gasteiger partial charge in [0.2, 0.25) is 0 Å². The zero-order valence-corrected chi connectivity index (χ0v) is 11.2. The smallest absolute Gasteiger partial charge is 0.152 e. The number of benzene rings is 1. The van der Waals surface area contributed by atoms with E-state index < -0.39 is 11.6 Å². The highest BCUT2D eigenvalue weighted by Gasteiger charge is 2.43. The first kappa shape index (κ1) is 12.1. The molecule has 1 aliphatic carbocycles. The molecule has 1 aromatic heterocycles. The first-order valence-corrected chi connectivity index (χ1v) is 7.16. The molecule has 4 heteroatoms. The molecule has 0 atom stereocenters. The van der Waals surface area contributed by atoms with Crippen LogP contribution < -0.4 is 4.90 Å². The van der Waals surface area contributed by atoms with Gasteiger partial charge in [-0.3, -0.25) is 4.98 Å². The molecular weight excluding hydrogens is 258 g/mol. The molecule has 1 aromatic carbocycles. The molecule has 104 valence electrons. The number of anilines is 1. The lowest BCUT2D eigenvalue weighted by molar-refractivity contribution is 0.165. The van der Waals surface area contributed by atoms with E-state index in [4.69, 9.17) is 0 Å². The molecule has 0 amide bonds. The van der Waals surface area contributed by atoms with Gasteiger partial charge in [0.05, 0.1) is 0 Å². The molecule has 2 nitrogen and oxygen atoms in total. The summed E-state index contributed by atoms with van der Waals surface area (Å²) in [6.45, 7) is 1.97. The lowest BCUT2D eigenvalue weighted by Crippen LogP contribution is -2.33. The van der Waals surface area contributed by atoms with Crippen LogP contribution in [0.25, 0.3) is 10.9 Å². The molecule has 2 fully saturated rings. The van der Waals surface area contributed by atoms with Crippen molar-refractivity contribution in [3.8, 4) is 0 Å². The van der Waals surface area contributed by atoms with E-state index in [2.05, 4.69) is 9.88 Å². The van der Waals surface area contributed by atoms with Gasteiger partial charge >= 0.3 is 0 Å². The molecule has 2 heterocycles. The number of halogens is 2. The van der Waals surface area contributed by atoms with Gasteiger partial charge in [-0.05, 0) is 36.8 Å². The van der Waals surface area contributed by atoms with Crippen LogP contribution in [0.1, 0.15) is 25.7 Å². The van der Waals surface area contributed by atoms with Crippen LogP contribution in [-0.4, -0.2) is 18.1 Å². The average molecular weight is 274 g/mol. The Balaban J connectivity index is 1.80. The Kier molecular flexibility index (Phi) is 2.50. The van der Waals surface area contributed by atoms with Gasteiger partial charge in [-0.25, -0.2) is 8.78 Å². The zero-order chi connectivity index (χ0) is 13.7. The molecule has 0 bridgehead atoms. The van der Waals surface area contributed by atoms with E-state index in [0.29, 0.717) is 10.8 Å². The fourth-order valence-corrected chi connectivity index (χ4v) is 3.67. The van der Waals surface area contributed by atoms with E-state index in [-0.39, 0.29) is 5.52 Å². The van der Waals surface area contributed by atoms with E-state index in [9.17, 15) is 8.78 Å². The Morgan fingerprint density at radius 2 is 2.00 bits per heavy atom. The Morgan fingerprint density at radius 3 is 2.70 bits per heavy atom. The number of hydrogen-bond acceptors (Lipinski definition) is 2. The molecule has 0 radical (unpaired) electrons. The predicted octanol–water partition coefficient (Wildman–Crippen LogP) is 3.89. The Morgan fingerprint density at radius 1 is 1.15 bits per heavy atom. The Bertz CT molecular complexity index is 679. The van der Waals surface area contributed by atoms with Crippen LogP contribution in [-0.2, 0) is 0 Å². The first-order valence-electron chi connectivity index (χ1n) is 7.16. The SMILES string of the molecule is Fc1cc(F)c2nccc(N3CCC4(CCC4)C3)c2c1. The van der Waals surface area contributed by atoms with Gasteiger partial charge in [0.1, 0.15) is 11.3 Å². The van der Waals surface area contributed by atoms with Crippen LogP contribution in [0.2, 0.25) is 0 Å². The van der Waals surface area contributed by atoms with Gasteiger partial charge < -0.3 is 4.90 Å². The topological polar surface area (TPSA) is 16.1 Å². The highest BCUT2D eigenvalue weighted by Crippen LogP contribution is 2.49. The van der Waals surface area contributed by atoms with Crippen molar-refractivity contribution in [3.05, 3.63) is 36.0 Å². The second-order valence-electron chi connectivity index (χ2n) is 6.14. The number of aromatic nitrogens is 1. The number of nitrogens with zero attached hydrogens (tertiary/aromatic N) is 2. The fourth-order valence-electron chi connectivity index (χ4n) is 3.67. The average Bonchev–Trinajstić information content (AvgIpc) is 2.83. The van der Waals surface area contributed by atoms with Crippen molar-refractivity contribution in [1.29, 1.82) is 0 Å². The van der Waals surface area contributed by atoms with Gasteiger partial charge in [0.15, 0.2) is 5.82 Å². The lowest BCUT2D eigenvalue weighted by Gasteiger charge is -2.38. The third-order valence-electron chi connectivity index (χ3n) is 4.93. The van der Waals surface area contributed by atoms with Crippen LogP contribution >= 0.6 is 0 Å². The third-order valence-corrected chi connectivity index (χ3v) is 4.93. The second kappa shape index (κ2) is 4.14. The van der Waals surface area contributed by atoms with Gasteiger partial charge in [-0.15, -0.1) is 0 Å². The molecule has 0 N–H and O–H groups in total. The van der Waals surface area contributed by atoms with Crippen molar-refractivity contribution >= 4 is 16.6 Å². The minimum absolute atomic E-state index is 0.262. The highest BCUT2D eigenvalue weighted by molar-refractivity contribution is 5.92. The maximum absolute atomic E-state index is 13.8. The van der Waals surface area contributed by atoms with Crippen molar-refractivity contribution in [2.75, 3.05) is 18.0 Å². The molecule has 1 saturated heterocycles. The summed E-state index contributed by atoms with van der Waals surface area (Å²) in [4.78, 5) is 6.32. The van der Waals surface area contributed by atoms with E-state index in [1.807, 2.05) is 6.07 Å². The van der Waals surface area contributed by atoms with Crippen molar-refractivity contribution < 1.29 is 8.78 Å². The monoisotopic (exact) mass is 274 g/mol. The summed E-state index contributed by atoms with van der Waals surface area (Å²) in [6.07, 6.45) is 6.69. The van der Waals surface area contributed by atoms with Gasteiger partial charge in [0.25, 0.3) is 0 Å². The molecule has 0 unspecified atom stereocenters. The first-order chi connectivity index (χ1) is 9.67. The maximum atomic E-state index is 13.8. The van der Waals surface area contributed by atoms with Crippen molar-refractivity contribution in [3.63, 3.8) is 0 Å². The number of fused-ring (bicyclic) bond motifs is 1. The van der Waals surface area contributed by atoms with Crippen molar-refractivity contribution in [2.24, 2.45) is 5.41 Å². The Labute approximate surface area is 116 Å². The van der Waals surface area contributed by atoms with Crippen LogP contribution in [0, 0.1) is 17.0 Å². The summed E-state index contributed by atoms with van der Waals surface area (Å²) in [6, 6.07) is 4.17. The molecule has 20 heavy (non-hydrogen) atoms. The summed E-state index contributed by atoms with van der Waals surface area (Å²) >= 11 is 0. The van der Waals surface area contributed by atoms with E-state index in [0.717, 1.165) is 24.8 Å². The van der Waals surface area contributed by atoms with Crippen molar-refractivity contribution in [1.82, 2.24) is 4.98 Å². The number of rotatable bonds is 1. The van der Waals surface area contributed by atoms with Crippen LogP contribution in [0.5, 0.6) is 0 Å². The van der Waals surface area contributed by atoms with Crippen molar-refractivity contribution in [2.45, 2.75) is 25.7 Å². The predicted molar refractivity (Wildman–Crippen MR) is 74.8 cm³/mol.